The van der Waals surface area contributed by atoms with E-state index in [2.05, 4.69) is 84.4 Å². The van der Waals surface area contributed by atoms with Crippen molar-refractivity contribution in [3.63, 3.8) is 0 Å². The Balaban J connectivity index is 1.53. The van der Waals surface area contributed by atoms with E-state index >= 15 is 0 Å². The van der Waals surface area contributed by atoms with E-state index in [4.69, 9.17) is 0 Å². The monoisotopic (exact) mass is 574 g/mol. The topological polar surface area (TPSA) is 0 Å². The molecule has 0 saturated carbocycles. The molecule has 4 aromatic rings. The summed E-state index contributed by atoms with van der Waals surface area (Å²) in [5.74, 6) is 0. The van der Waals surface area contributed by atoms with Gasteiger partial charge in [0, 0.05) is 30.1 Å². The Morgan fingerprint density at radius 3 is 1.92 bits per heavy atom. The first-order valence-electron chi connectivity index (χ1n) is 14.9. The van der Waals surface area contributed by atoms with Gasteiger partial charge in [-0.15, -0.1) is 11.3 Å². The maximum absolute atomic E-state index is 3.69. The van der Waals surface area contributed by atoms with E-state index < -0.39 is 0 Å². The van der Waals surface area contributed by atoms with Crippen LogP contribution in [0.2, 0.25) is 0 Å². The van der Waals surface area contributed by atoms with Crippen molar-refractivity contribution in [1.29, 1.82) is 0 Å². The molecule has 2 heteroatoms. The van der Waals surface area contributed by atoms with Crippen LogP contribution >= 0.6 is 27.3 Å². The summed E-state index contributed by atoms with van der Waals surface area (Å²) >= 11 is 5.64. The van der Waals surface area contributed by atoms with Crippen LogP contribution in [0, 0.1) is 0 Å². The molecule has 1 heterocycles. The zero-order valence-corrected chi connectivity index (χ0v) is 25.3. The maximum atomic E-state index is 3.69. The molecule has 0 atom stereocenters. The molecule has 37 heavy (non-hydrogen) atoms. The van der Waals surface area contributed by atoms with Gasteiger partial charge in [-0.3, -0.25) is 0 Å². The Bertz CT molecular complexity index is 1310. The van der Waals surface area contributed by atoms with Gasteiger partial charge in [0.25, 0.3) is 0 Å². The largest absolute Gasteiger partial charge is 0.135 e. The molecule has 5 rings (SSSR count). The summed E-state index contributed by atoms with van der Waals surface area (Å²) in [6.45, 7) is 4.63. The summed E-state index contributed by atoms with van der Waals surface area (Å²) in [7, 11) is 0. The predicted molar refractivity (Wildman–Crippen MR) is 169 cm³/mol. The van der Waals surface area contributed by atoms with Crippen LogP contribution in [0.15, 0.2) is 59.1 Å². The van der Waals surface area contributed by atoms with Crippen molar-refractivity contribution in [3.05, 3.63) is 70.2 Å². The van der Waals surface area contributed by atoms with E-state index in [1.165, 1.54) is 126 Å². The lowest BCUT2D eigenvalue weighted by molar-refractivity contribution is 0.398. The molecule has 0 radical (unpaired) electrons. The van der Waals surface area contributed by atoms with Crippen molar-refractivity contribution < 1.29 is 0 Å². The number of benzene rings is 3. The Morgan fingerprint density at radius 1 is 0.595 bits per heavy atom. The third kappa shape index (κ3) is 5.57. The van der Waals surface area contributed by atoms with Gasteiger partial charge in [-0.05, 0) is 59.4 Å². The van der Waals surface area contributed by atoms with Gasteiger partial charge in [0.05, 0.1) is 0 Å². The summed E-state index contributed by atoms with van der Waals surface area (Å²) in [5, 5.41) is 2.87. The summed E-state index contributed by atoms with van der Waals surface area (Å²) < 4.78 is 3.99. The average Bonchev–Trinajstić information content (AvgIpc) is 3.39. The van der Waals surface area contributed by atoms with Crippen LogP contribution < -0.4 is 0 Å². The third-order valence-electron chi connectivity index (χ3n) is 8.74. The van der Waals surface area contributed by atoms with E-state index in [1.54, 1.807) is 11.1 Å². The van der Waals surface area contributed by atoms with Gasteiger partial charge in [-0.1, -0.05) is 137 Å². The molecule has 1 aliphatic carbocycles. The first-order chi connectivity index (χ1) is 18.2. The molecule has 0 N–H and O–H groups in total. The third-order valence-corrected chi connectivity index (χ3v) is 10.3. The molecule has 0 fully saturated rings. The molecule has 0 spiro atoms. The highest BCUT2D eigenvalue weighted by molar-refractivity contribution is 9.10. The van der Waals surface area contributed by atoms with Crippen LogP contribution in [0.4, 0.5) is 0 Å². The fourth-order valence-corrected chi connectivity index (χ4v) is 8.45. The highest BCUT2D eigenvalue weighted by Gasteiger charge is 2.42. The summed E-state index contributed by atoms with van der Waals surface area (Å²) in [6, 6.07) is 21.4. The minimum Gasteiger partial charge on any atom is -0.135 e. The van der Waals surface area contributed by atoms with Crippen LogP contribution in [-0.4, -0.2) is 0 Å². The van der Waals surface area contributed by atoms with E-state index in [1.807, 2.05) is 11.3 Å². The van der Waals surface area contributed by atoms with Gasteiger partial charge >= 0.3 is 0 Å². The second-order valence-electron chi connectivity index (χ2n) is 11.3. The molecule has 0 unspecified atom stereocenters. The Hall–Kier alpha value is -1.64. The highest BCUT2D eigenvalue weighted by Crippen LogP contribution is 2.56. The first kappa shape index (κ1) is 26.9. The molecule has 0 aliphatic heterocycles. The lowest BCUT2D eigenvalue weighted by atomic mass is 9.70. The standard InChI is InChI=1S/C35H43BrS/c1-3-5-7-9-11-15-21-35(22-16-12-10-8-6-4-2)31-18-14-13-17-27(31)29-25-34-30(24-32(29)35)28-20-19-26(36)23-33(28)37-34/h13-14,17-20,23-25H,3-12,15-16,21-22H2,1-2H3. The van der Waals surface area contributed by atoms with Gasteiger partial charge in [0.2, 0.25) is 0 Å². The quantitative estimate of drug-likeness (QED) is 0.131. The van der Waals surface area contributed by atoms with Crippen molar-refractivity contribution in [3.8, 4) is 11.1 Å². The van der Waals surface area contributed by atoms with Gasteiger partial charge in [-0.25, -0.2) is 0 Å². The second kappa shape index (κ2) is 12.5. The zero-order chi connectivity index (χ0) is 25.7. The average molecular weight is 576 g/mol. The normalized spacial score (nSPS) is 13.9. The number of hydrogen-bond donors (Lipinski definition) is 0. The van der Waals surface area contributed by atoms with Gasteiger partial charge in [-0.2, -0.15) is 0 Å². The van der Waals surface area contributed by atoms with Gasteiger partial charge in [0.15, 0.2) is 0 Å². The van der Waals surface area contributed by atoms with Crippen molar-refractivity contribution in [2.75, 3.05) is 0 Å². The molecule has 0 nitrogen and oxygen atoms in total. The van der Waals surface area contributed by atoms with Crippen LogP contribution in [0.25, 0.3) is 31.3 Å². The lowest BCUT2D eigenvalue weighted by Crippen LogP contribution is -2.25. The summed E-state index contributed by atoms with van der Waals surface area (Å²) in [5.41, 5.74) is 6.39. The molecule has 196 valence electrons. The smallest absolute Gasteiger partial charge is 0.0366 e. The number of fused-ring (bicyclic) bond motifs is 6. The Labute approximate surface area is 237 Å². The fourth-order valence-electron chi connectivity index (χ4n) is 6.77. The lowest BCUT2D eigenvalue weighted by Gasteiger charge is -2.33. The molecular weight excluding hydrogens is 532 g/mol. The Kier molecular flexibility index (Phi) is 9.09. The van der Waals surface area contributed by atoms with Crippen LogP contribution in [0.5, 0.6) is 0 Å². The van der Waals surface area contributed by atoms with Crippen molar-refractivity contribution in [2.45, 2.75) is 109 Å². The predicted octanol–water partition coefficient (Wildman–Crippen LogP) is 12.6. The van der Waals surface area contributed by atoms with E-state index in [0.29, 0.717) is 0 Å². The first-order valence-corrected chi connectivity index (χ1v) is 16.5. The number of unbranched alkanes of at least 4 members (excludes halogenated alkanes) is 10. The zero-order valence-electron chi connectivity index (χ0n) is 22.9. The molecule has 0 amide bonds. The van der Waals surface area contributed by atoms with E-state index in [9.17, 15) is 0 Å². The Morgan fingerprint density at radius 2 is 1.22 bits per heavy atom. The highest BCUT2D eigenvalue weighted by atomic mass is 79.9. The number of hydrogen-bond acceptors (Lipinski definition) is 1. The van der Waals surface area contributed by atoms with Crippen molar-refractivity contribution >= 4 is 47.4 Å². The minimum atomic E-state index is 0.166. The second-order valence-corrected chi connectivity index (χ2v) is 13.3. The van der Waals surface area contributed by atoms with E-state index in [-0.39, 0.29) is 5.41 Å². The SMILES string of the molecule is CCCCCCCCC1(CCCCCCCC)c2ccccc2-c2cc3sc4cc(Br)ccc4c3cc21. The van der Waals surface area contributed by atoms with Crippen molar-refractivity contribution in [1.82, 2.24) is 0 Å². The van der Waals surface area contributed by atoms with Gasteiger partial charge < -0.3 is 0 Å². The molecule has 1 aliphatic rings. The minimum absolute atomic E-state index is 0.166. The molecular formula is C35H43BrS. The van der Waals surface area contributed by atoms with Crippen LogP contribution in [0.1, 0.15) is 115 Å². The summed E-state index contributed by atoms with van der Waals surface area (Å²) in [6.07, 6.45) is 19.0. The molecule has 0 saturated heterocycles. The number of thiophene rings is 1. The summed E-state index contributed by atoms with van der Waals surface area (Å²) in [4.78, 5) is 0. The van der Waals surface area contributed by atoms with E-state index in [0.717, 1.165) is 0 Å². The maximum Gasteiger partial charge on any atom is 0.0366 e. The van der Waals surface area contributed by atoms with Crippen LogP contribution in [0.3, 0.4) is 0 Å². The fraction of sp³-hybridized carbons (Fsp3) is 0.486. The molecule has 0 bridgehead atoms. The molecule has 1 aromatic heterocycles. The number of halogens is 1. The van der Waals surface area contributed by atoms with Crippen LogP contribution in [-0.2, 0) is 5.41 Å². The molecule has 3 aromatic carbocycles. The van der Waals surface area contributed by atoms with Crippen molar-refractivity contribution in [2.24, 2.45) is 0 Å². The number of rotatable bonds is 14. The van der Waals surface area contributed by atoms with Gasteiger partial charge in [0.1, 0.15) is 0 Å².